The van der Waals surface area contributed by atoms with Crippen molar-refractivity contribution in [3.8, 4) is 11.5 Å². The van der Waals surface area contributed by atoms with Crippen molar-refractivity contribution in [3.63, 3.8) is 0 Å². The fourth-order valence-electron chi connectivity index (χ4n) is 2.71. The van der Waals surface area contributed by atoms with Crippen LogP contribution < -0.4 is 10.6 Å². The van der Waals surface area contributed by atoms with Crippen LogP contribution in [0.5, 0.6) is 0 Å². The Labute approximate surface area is 165 Å². The lowest BCUT2D eigenvalue weighted by Gasteiger charge is -2.40. The largest absolute Gasteiger partial charge is 0.444 e. The van der Waals surface area contributed by atoms with Crippen LogP contribution in [0.2, 0.25) is 0 Å². The number of nitrogens with one attached hydrogen (secondary N) is 2. The average molecular weight is 385 g/mol. The van der Waals surface area contributed by atoms with E-state index in [1.165, 1.54) is 0 Å². The minimum absolute atomic E-state index is 0.135. The van der Waals surface area contributed by atoms with E-state index in [0.29, 0.717) is 31.5 Å². The second-order valence-electron chi connectivity index (χ2n) is 7.66. The number of carbonyl (C=O) groups excluding carboxylic acids is 1. The molecule has 0 atom stereocenters. The van der Waals surface area contributed by atoms with Gasteiger partial charge in [0.15, 0.2) is 5.96 Å². The molecule has 0 aliphatic carbocycles. The molecule has 0 spiro atoms. The van der Waals surface area contributed by atoms with Crippen LogP contribution in [-0.2, 0) is 11.3 Å². The van der Waals surface area contributed by atoms with E-state index in [4.69, 9.17) is 9.15 Å². The Hall–Kier alpha value is -3.03. The van der Waals surface area contributed by atoms with E-state index >= 15 is 0 Å². The van der Waals surface area contributed by atoms with Gasteiger partial charge in [0.25, 0.3) is 0 Å². The Balaban J connectivity index is 1.44. The Morgan fingerprint density at radius 1 is 1.32 bits per heavy atom. The van der Waals surface area contributed by atoms with Crippen LogP contribution in [0.4, 0.5) is 4.79 Å². The molecule has 0 unspecified atom stereocenters. The van der Waals surface area contributed by atoms with E-state index in [9.17, 15) is 4.79 Å². The zero-order chi connectivity index (χ0) is 20.1. The minimum Gasteiger partial charge on any atom is -0.444 e. The van der Waals surface area contributed by atoms with Gasteiger partial charge < -0.3 is 24.7 Å². The first-order chi connectivity index (χ1) is 13.3. The van der Waals surface area contributed by atoms with Gasteiger partial charge in [-0.1, -0.05) is 18.2 Å². The molecule has 150 valence electrons. The monoisotopic (exact) mass is 385 g/mol. The highest BCUT2D eigenvalue weighted by molar-refractivity contribution is 5.80. The van der Waals surface area contributed by atoms with Crippen molar-refractivity contribution in [2.45, 2.75) is 39.0 Å². The van der Waals surface area contributed by atoms with Crippen molar-refractivity contribution in [2.75, 3.05) is 20.1 Å². The van der Waals surface area contributed by atoms with Crippen LogP contribution in [0.25, 0.3) is 11.5 Å². The molecular weight excluding hydrogens is 358 g/mol. The van der Waals surface area contributed by atoms with Crippen LogP contribution in [-0.4, -0.2) is 53.7 Å². The molecule has 1 aliphatic rings. The number of amides is 1. The molecule has 2 aromatic rings. The van der Waals surface area contributed by atoms with E-state index in [0.717, 1.165) is 11.3 Å². The van der Waals surface area contributed by atoms with Crippen molar-refractivity contribution in [1.82, 2.24) is 20.5 Å². The normalized spacial score (nSPS) is 15.1. The highest BCUT2D eigenvalue weighted by Gasteiger charge is 2.34. The molecule has 1 saturated heterocycles. The molecule has 2 heterocycles. The standard InChI is InChI=1S/C20H27N5O3/c1-20(2,3)28-19(26)25-11-16(12-25)24-18(21-4)22-10-15-13-27-17(23-15)14-8-6-5-7-9-14/h5-9,13,16H,10-12H2,1-4H3,(H2,21,22,24). The number of hydrogen-bond acceptors (Lipinski definition) is 5. The van der Waals surface area contributed by atoms with Crippen molar-refractivity contribution in [2.24, 2.45) is 4.99 Å². The number of nitrogens with zero attached hydrogens (tertiary/aromatic N) is 3. The van der Waals surface area contributed by atoms with Crippen LogP contribution >= 0.6 is 0 Å². The van der Waals surface area contributed by atoms with Crippen LogP contribution in [0, 0.1) is 0 Å². The lowest BCUT2D eigenvalue weighted by molar-refractivity contribution is 0.00701. The summed E-state index contributed by atoms with van der Waals surface area (Å²) in [6.45, 7) is 7.23. The second-order valence-corrected chi connectivity index (χ2v) is 7.66. The average Bonchev–Trinajstić information content (AvgIpc) is 3.08. The van der Waals surface area contributed by atoms with E-state index in [2.05, 4.69) is 20.6 Å². The molecule has 3 rings (SSSR count). The number of rotatable bonds is 4. The fraction of sp³-hybridized carbons (Fsp3) is 0.450. The molecule has 0 saturated carbocycles. The van der Waals surface area contributed by atoms with Gasteiger partial charge in [-0.2, -0.15) is 0 Å². The summed E-state index contributed by atoms with van der Waals surface area (Å²) in [5, 5.41) is 6.50. The van der Waals surface area contributed by atoms with Crippen LogP contribution in [0.1, 0.15) is 26.5 Å². The van der Waals surface area contributed by atoms with E-state index in [1.54, 1.807) is 18.2 Å². The molecular formula is C20H27N5O3. The van der Waals surface area contributed by atoms with E-state index in [-0.39, 0.29) is 12.1 Å². The Bertz CT molecular complexity index is 820. The second kappa shape index (κ2) is 8.33. The highest BCUT2D eigenvalue weighted by Crippen LogP contribution is 2.18. The fourth-order valence-corrected chi connectivity index (χ4v) is 2.71. The molecule has 1 fully saturated rings. The number of carbonyl (C=O) groups is 1. The molecule has 0 radical (unpaired) electrons. The Kier molecular flexibility index (Phi) is 5.87. The first-order valence-electron chi connectivity index (χ1n) is 9.29. The van der Waals surface area contributed by atoms with Crippen molar-refractivity contribution < 1.29 is 13.9 Å². The quantitative estimate of drug-likeness (QED) is 0.621. The number of hydrogen-bond donors (Lipinski definition) is 2. The molecule has 2 N–H and O–H groups in total. The summed E-state index contributed by atoms with van der Waals surface area (Å²) in [6, 6.07) is 9.89. The number of oxazole rings is 1. The zero-order valence-electron chi connectivity index (χ0n) is 16.7. The van der Waals surface area contributed by atoms with Gasteiger partial charge >= 0.3 is 6.09 Å². The van der Waals surface area contributed by atoms with Gasteiger partial charge in [-0.05, 0) is 32.9 Å². The lowest BCUT2D eigenvalue weighted by atomic mass is 10.1. The van der Waals surface area contributed by atoms with Crippen LogP contribution in [0.3, 0.4) is 0 Å². The maximum absolute atomic E-state index is 12.0. The van der Waals surface area contributed by atoms with Crippen molar-refractivity contribution in [3.05, 3.63) is 42.3 Å². The zero-order valence-corrected chi connectivity index (χ0v) is 16.7. The third-order valence-corrected chi connectivity index (χ3v) is 4.11. The number of likely N-dealkylation sites (tertiary alicyclic amines) is 1. The number of ether oxygens (including phenoxy) is 1. The summed E-state index contributed by atoms with van der Waals surface area (Å²) in [7, 11) is 1.71. The van der Waals surface area contributed by atoms with Gasteiger partial charge in [-0.3, -0.25) is 4.99 Å². The summed E-state index contributed by atoms with van der Waals surface area (Å²) >= 11 is 0. The van der Waals surface area contributed by atoms with Crippen molar-refractivity contribution in [1.29, 1.82) is 0 Å². The molecule has 1 aromatic carbocycles. The predicted molar refractivity (Wildman–Crippen MR) is 107 cm³/mol. The number of aromatic nitrogens is 1. The SMILES string of the molecule is CN=C(NCc1coc(-c2ccccc2)n1)NC1CN(C(=O)OC(C)(C)C)C1. The van der Waals surface area contributed by atoms with E-state index < -0.39 is 5.60 Å². The third kappa shape index (κ3) is 5.25. The topological polar surface area (TPSA) is 92.0 Å². The third-order valence-electron chi connectivity index (χ3n) is 4.11. The molecule has 0 bridgehead atoms. The summed E-state index contributed by atoms with van der Waals surface area (Å²) in [5.74, 6) is 1.24. The van der Waals surface area contributed by atoms with Gasteiger partial charge in [0, 0.05) is 25.7 Å². The van der Waals surface area contributed by atoms with E-state index in [1.807, 2.05) is 51.1 Å². The van der Waals surface area contributed by atoms with Crippen LogP contribution in [0.15, 0.2) is 46.0 Å². The minimum atomic E-state index is -0.483. The molecule has 28 heavy (non-hydrogen) atoms. The summed E-state index contributed by atoms with van der Waals surface area (Å²) in [4.78, 5) is 22.4. The molecule has 1 amide bonds. The Morgan fingerprint density at radius 3 is 2.68 bits per heavy atom. The molecule has 8 heteroatoms. The molecule has 8 nitrogen and oxygen atoms in total. The molecule has 1 aliphatic heterocycles. The smallest absolute Gasteiger partial charge is 0.410 e. The van der Waals surface area contributed by atoms with Gasteiger partial charge in [0.2, 0.25) is 5.89 Å². The molecule has 1 aromatic heterocycles. The number of aliphatic imine (C=N–C) groups is 1. The number of benzene rings is 1. The summed E-state index contributed by atoms with van der Waals surface area (Å²) in [6.07, 6.45) is 1.35. The van der Waals surface area contributed by atoms with Gasteiger partial charge in [0.05, 0.1) is 18.3 Å². The lowest BCUT2D eigenvalue weighted by Crippen LogP contribution is -2.63. The summed E-state index contributed by atoms with van der Waals surface area (Å²) < 4.78 is 10.9. The van der Waals surface area contributed by atoms with Crippen molar-refractivity contribution >= 4 is 12.1 Å². The first-order valence-corrected chi connectivity index (χ1v) is 9.29. The van der Waals surface area contributed by atoms with Gasteiger partial charge in [-0.25, -0.2) is 9.78 Å². The predicted octanol–water partition coefficient (Wildman–Crippen LogP) is 2.63. The maximum Gasteiger partial charge on any atom is 0.410 e. The Morgan fingerprint density at radius 2 is 2.04 bits per heavy atom. The highest BCUT2D eigenvalue weighted by atomic mass is 16.6. The maximum atomic E-state index is 12.0. The number of guanidine groups is 1. The van der Waals surface area contributed by atoms with Gasteiger partial charge in [-0.15, -0.1) is 0 Å². The summed E-state index contributed by atoms with van der Waals surface area (Å²) in [5.41, 5.74) is 1.24. The first kappa shape index (κ1) is 19.7. The van der Waals surface area contributed by atoms with Gasteiger partial charge in [0.1, 0.15) is 11.9 Å².